The maximum Gasteiger partial charge on any atom is 0.164 e. The topological polar surface area (TPSA) is 44.5 Å². The van der Waals surface area contributed by atoms with Crippen molar-refractivity contribution in [2.45, 2.75) is 44.4 Å². The molecule has 0 atom stereocenters. The zero-order valence-electron chi connectivity index (χ0n) is 12.1. The first-order chi connectivity index (χ1) is 9.27. The Balaban J connectivity index is 2.46. The molecular weight excluding hydrogens is 238 g/mol. The quantitative estimate of drug-likeness (QED) is 0.887. The van der Waals surface area contributed by atoms with Crippen LogP contribution >= 0.6 is 0 Å². The number of nitrogens with two attached hydrogens (primary N) is 1. The van der Waals surface area contributed by atoms with Crippen LogP contribution in [0.3, 0.4) is 0 Å². The second-order valence-corrected chi connectivity index (χ2v) is 5.32. The lowest BCUT2D eigenvalue weighted by atomic mass is 9.69. The lowest BCUT2D eigenvalue weighted by Gasteiger charge is -2.38. The maximum absolute atomic E-state index is 6.13. The van der Waals surface area contributed by atoms with E-state index in [1.165, 1.54) is 24.8 Å². The van der Waals surface area contributed by atoms with Gasteiger partial charge in [0.05, 0.1) is 13.7 Å². The number of hydrogen-bond donors (Lipinski definition) is 1. The van der Waals surface area contributed by atoms with Crippen LogP contribution in [0, 0.1) is 0 Å². The Labute approximate surface area is 116 Å². The van der Waals surface area contributed by atoms with Crippen LogP contribution in [0.25, 0.3) is 0 Å². The van der Waals surface area contributed by atoms with Crippen LogP contribution in [-0.4, -0.2) is 20.3 Å². The highest BCUT2D eigenvalue weighted by Gasteiger charge is 2.35. The fraction of sp³-hybridized carbons (Fsp3) is 0.625. The second kappa shape index (κ2) is 6.29. The minimum absolute atomic E-state index is 0.0668. The molecule has 0 bridgehead atoms. The van der Waals surface area contributed by atoms with Crippen LogP contribution in [0.15, 0.2) is 18.2 Å². The molecule has 0 radical (unpaired) electrons. The minimum atomic E-state index is 0.0668. The van der Waals surface area contributed by atoms with Gasteiger partial charge in [0, 0.05) is 17.5 Å². The number of hydrogen-bond acceptors (Lipinski definition) is 3. The van der Waals surface area contributed by atoms with Crippen molar-refractivity contribution in [1.82, 2.24) is 0 Å². The molecule has 19 heavy (non-hydrogen) atoms. The van der Waals surface area contributed by atoms with Crippen molar-refractivity contribution in [1.29, 1.82) is 0 Å². The van der Waals surface area contributed by atoms with Crippen LogP contribution in [-0.2, 0) is 5.41 Å². The third-order valence-corrected chi connectivity index (χ3v) is 4.26. The van der Waals surface area contributed by atoms with Crippen molar-refractivity contribution >= 4 is 0 Å². The van der Waals surface area contributed by atoms with Gasteiger partial charge in [-0.25, -0.2) is 0 Å². The molecule has 1 aromatic carbocycles. The standard InChI is InChI=1S/C16H25NO2/c1-3-19-15-13(8-7-9-14(15)18-2)16(12-17)10-5-4-6-11-16/h7-9H,3-6,10-12,17H2,1-2H3. The Bertz CT molecular complexity index is 411. The molecule has 1 saturated carbocycles. The third-order valence-electron chi connectivity index (χ3n) is 4.26. The van der Waals surface area contributed by atoms with Gasteiger partial charge in [0.1, 0.15) is 0 Å². The van der Waals surface area contributed by atoms with E-state index in [0.29, 0.717) is 13.2 Å². The summed E-state index contributed by atoms with van der Waals surface area (Å²) >= 11 is 0. The summed E-state index contributed by atoms with van der Waals surface area (Å²) in [6.45, 7) is 3.33. The fourth-order valence-corrected chi connectivity index (χ4v) is 3.20. The van der Waals surface area contributed by atoms with Gasteiger partial charge in [0.25, 0.3) is 0 Å². The predicted molar refractivity (Wildman–Crippen MR) is 78.0 cm³/mol. The number of rotatable bonds is 5. The molecule has 0 spiro atoms. The number of ether oxygens (including phenoxy) is 2. The molecule has 0 amide bonds. The van der Waals surface area contributed by atoms with E-state index in [9.17, 15) is 0 Å². The van der Waals surface area contributed by atoms with Gasteiger partial charge in [-0.2, -0.15) is 0 Å². The van der Waals surface area contributed by atoms with E-state index < -0.39 is 0 Å². The molecule has 0 unspecified atom stereocenters. The molecule has 3 nitrogen and oxygen atoms in total. The van der Waals surface area contributed by atoms with Gasteiger partial charge in [0.2, 0.25) is 0 Å². The van der Waals surface area contributed by atoms with Crippen molar-refractivity contribution in [2.24, 2.45) is 5.73 Å². The van der Waals surface area contributed by atoms with Crippen molar-refractivity contribution in [3.05, 3.63) is 23.8 Å². The van der Waals surface area contributed by atoms with E-state index >= 15 is 0 Å². The molecule has 1 fully saturated rings. The van der Waals surface area contributed by atoms with Gasteiger partial charge in [-0.05, 0) is 25.8 Å². The first kappa shape index (κ1) is 14.2. The molecular formula is C16H25NO2. The summed E-state index contributed by atoms with van der Waals surface area (Å²) in [5.74, 6) is 1.71. The lowest BCUT2D eigenvalue weighted by molar-refractivity contribution is 0.266. The third kappa shape index (κ3) is 2.71. The summed E-state index contributed by atoms with van der Waals surface area (Å²) in [6.07, 6.45) is 6.11. The molecule has 0 aliphatic heterocycles. The van der Waals surface area contributed by atoms with Gasteiger partial charge in [-0.3, -0.25) is 0 Å². The van der Waals surface area contributed by atoms with Crippen LogP contribution in [0.4, 0.5) is 0 Å². The van der Waals surface area contributed by atoms with Crippen LogP contribution in [0.2, 0.25) is 0 Å². The van der Waals surface area contributed by atoms with E-state index in [1.807, 2.05) is 19.1 Å². The zero-order chi connectivity index (χ0) is 13.7. The molecule has 2 N–H and O–H groups in total. The van der Waals surface area contributed by atoms with Crippen molar-refractivity contribution < 1.29 is 9.47 Å². The van der Waals surface area contributed by atoms with E-state index in [1.54, 1.807) is 7.11 Å². The molecule has 1 aromatic rings. The average molecular weight is 263 g/mol. The summed E-state index contributed by atoms with van der Waals surface area (Å²) in [4.78, 5) is 0. The van der Waals surface area contributed by atoms with E-state index in [4.69, 9.17) is 15.2 Å². The number of benzene rings is 1. The number of para-hydroxylation sites is 1. The lowest BCUT2D eigenvalue weighted by Crippen LogP contribution is -2.37. The normalized spacial score (nSPS) is 18.1. The van der Waals surface area contributed by atoms with E-state index in [2.05, 4.69) is 6.07 Å². The Morgan fingerprint density at radius 2 is 1.95 bits per heavy atom. The summed E-state index contributed by atoms with van der Waals surface area (Å²) in [7, 11) is 1.69. The molecule has 106 valence electrons. The first-order valence-corrected chi connectivity index (χ1v) is 7.28. The van der Waals surface area contributed by atoms with Crippen molar-refractivity contribution in [2.75, 3.05) is 20.3 Å². The second-order valence-electron chi connectivity index (χ2n) is 5.32. The molecule has 1 aliphatic rings. The van der Waals surface area contributed by atoms with Gasteiger partial charge in [-0.1, -0.05) is 31.4 Å². The monoisotopic (exact) mass is 263 g/mol. The highest BCUT2D eigenvalue weighted by atomic mass is 16.5. The minimum Gasteiger partial charge on any atom is -0.493 e. The van der Waals surface area contributed by atoms with Gasteiger partial charge in [0.15, 0.2) is 11.5 Å². The SMILES string of the molecule is CCOc1c(OC)cccc1C1(CN)CCCCC1. The molecule has 1 aliphatic carbocycles. The summed E-state index contributed by atoms with van der Waals surface area (Å²) < 4.78 is 11.3. The van der Waals surface area contributed by atoms with Gasteiger partial charge < -0.3 is 15.2 Å². The van der Waals surface area contributed by atoms with Gasteiger partial charge >= 0.3 is 0 Å². The summed E-state index contributed by atoms with van der Waals surface area (Å²) in [5.41, 5.74) is 7.43. The summed E-state index contributed by atoms with van der Waals surface area (Å²) in [6, 6.07) is 6.16. The Kier molecular flexibility index (Phi) is 4.70. The molecule has 3 heteroatoms. The Morgan fingerprint density at radius 3 is 2.53 bits per heavy atom. The molecule has 0 heterocycles. The highest BCUT2D eigenvalue weighted by molar-refractivity contribution is 5.50. The highest BCUT2D eigenvalue weighted by Crippen LogP contribution is 2.45. The summed E-state index contributed by atoms with van der Waals surface area (Å²) in [5, 5.41) is 0. The predicted octanol–water partition coefficient (Wildman–Crippen LogP) is 3.25. The zero-order valence-corrected chi connectivity index (χ0v) is 12.1. The van der Waals surface area contributed by atoms with Crippen LogP contribution < -0.4 is 15.2 Å². The average Bonchev–Trinajstić information content (AvgIpc) is 2.48. The van der Waals surface area contributed by atoms with Crippen LogP contribution in [0.1, 0.15) is 44.6 Å². The van der Waals surface area contributed by atoms with E-state index in [-0.39, 0.29) is 5.41 Å². The fourth-order valence-electron chi connectivity index (χ4n) is 3.20. The Hall–Kier alpha value is -1.22. The largest absolute Gasteiger partial charge is 0.493 e. The smallest absolute Gasteiger partial charge is 0.164 e. The van der Waals surface area contributed by atoms with Crippen molar-refractivity contribution in [3.63, 3.8) is 0 Å². The Morgan fingerprint density at radius 1 is 1.21 bits per heavy atom. The molecule has 0 aromatic heterocycles. The number of methoxy groups -OCH3 is 1. The van der Waals surface area contributed by atoms with Crippen LogP contribution in [0.5, 0.6) is 11.5 Å². The maximum atomic E-state index is 6.13. The first-order valence-electron chi connectivity index (χ1n) is 7.28. The van der Waals surface area contributed by atoms with Gasteiger partial charge in [-0.15, -0.1) is 0 Å². The molecule has 2 rings (SSSR count). The van der Waals surface area contributed by atoms with E-state index in [0.717, 1.165) is 24.3 Å². The van der Waals surface area contributed by atoms with Crippen molar-refractivity contribution in [3.8, 4) is 11.5 Å². The molecule has 0 saturated heterocycles.